The minimum atomic E-state index is 0.334. The normalized spacial score (nSPS) is 20.2. The highest BCUT2D eigenvalue weighted by Crippen LogP contribution is 2.33. The van der Waals surface area contributed by atoms with Crippen molar-refractivity contribution >= 4 is 0 Å². The van der Waals surface area contributed by atoms with Crippen LogP contribution >= 0.6 is 0 Å². The topological polar surface area (TPSA) is 33.7 Å². The van der Waals surface area contributed by atoms with Crippen LogP contribution in [-0.2, 0) is 6.54 Å². The van der Waals surface area contributed by atoms with Crippen LogP contribution < -0.4 is 14.8 Å². The molecular formula is C21H26N2O2. The molecule has 1 N–H and O–H groups in total. The van der Waals surface area contributed by atoms with Crippen molar-refractivity contribution in [2.24, 2.45) is 0 Å². The van der Waals surface area contributed by atoms with E-state index >= 15 is 0 Å². The summed E-state index contributed by atoms with van der Waals surface area (Å²) < 4.78 is 10.9. The summed E-state index contributed by atoms with van der Waals surface area (Å²) in [5.74, 6) is 2.27. The molecule has 0 aliphatic carbocycles. The van der Waals surface area contributed by atoms with E-state index in [-0.39, 0.29) is 0 Å². The van der Waals surface area contributed by atoms with Crippen LogP contribution in [-0.4, -0.2) is 31.3 Å². The fourth-order valence-electron chi connectivity index (χ4n) is 3.81. The number of ether oxygens (including phenoxy) is 2. The Kier molecular flexibility index (Phi) is 4.64. The molecule has 2 aliphatic rings. The molecule has 0 bridgehead atoms. The summed E-state index contributed by atoms with van der Waals surface area (Å²) in [4.78, 5) is 2.52. The molecule has 1 atom stereocenters. The molecule has 1 saturated heterocycles. The van der Waals surface area contributed by atoms with E-state index in [1.165, 1.54) is 16.7 Å². The maximum Gasteiger partial charge on any atom is 0.231 e. The van der Waals surface area contributed by atoms with Crippen molar-refractivity contribution in [1.29, 1.82) is 0 Å². The Morgan fingerprint density at radius 2 is 1.96 bits per heavy atom. The average molecular weight is 338 g/mol. The van der Waals surface area contributed by atoms with E-state index in [9.17, 15) is 0 Å². The van der Waals surface area contributed by atoms with Crippen LogP contribution in [0.1, 0.15) is 42.5 Å². The molecule has 4 rings (SSSR count). The van der Waals surface area contributed by atoms with Gasteiger partial charge in [-0.2, -0.15) is 0 Å². The fraction of sp³-hybridized carbons (Fsp3) is 0.429. The Morgan fingerprint density at radius 1 is 1.12 bits per heavy atom. The number of benzene rings is 2. The van der Waals surface area contributed by atoms with Crippen molar-refractivity contribution in [3.63, 3.8) is 0 Å². The first kappa shape index (κ1) is 16.4. The Balaban J connectivity index is 1.48. The van der Waals surface area contributed by atoms with Gasteiger partial charge in [0.05, 0.1) is 0 Å². The second-order valence-electron chi connectivity index (χ2n) is 7.21. The van der Waals surface area contributed by atoms with E-state index in [2.05, 4.69) is 60.5 Å². The van der Waals surface area contributed by atoms with Crippen molar-refractivity contribution in [3.8, 4) is 11.5 Å². The van der Waals surface area contributed by atoms with E-state index in [1.54, 1.807) is 0 Å². The molecule has 25 heavy (non-hydrogen) atoms. The van der Waals surface area contributed by atoms with Gasteiger partial charge in [0, 0.05) is 32.2 Å². The van der Waals surface area contributed by atoms with Gasteiger partial charge in [-0.05, 0) is 34.7 Å². The molecule has 0 radical (unpaired) electrons. The first-order chi connectivity index (χ1) is 12.2. The lowest BCUT2D eigenvalue weighted by atomic mass is 9.92. The van der Waals surface area contributed by atoms with Gasteiger partial charge in [0.25, 0.3) is 0 Å². The molecule has 0 aromatic heterocycles. The van der Waals surface area contributed by atoms with Crippen LogP contribution in [0.5, 0.6) is 11.5 Å². The summed E-state index contributed by atoms with van der Waals surface area (Å²) in [6.45, 7) is 8.92. The highest BCUT2D eigenvalue weighted by atomic mass is 16.7. The average Bonchev–Trinajstić information content (AvgIpc) is 3.10. The summed E-state index contributed by atoms with van der Waals surface area (Å²) in [6.07, 6.45) is 0. The van der Waals surface area contributed by atoms with Crippen LogP contribution in [0, 0.1) is 0 Å². The van der Waals surface area contributed by atoms with Gasteiger partial charge in [0.2, 0.25) is 6.79 Å². The molecule has 2 heterocycles. The molecule has 4 heteroatoms. The highest BCUT2D eigenvalue weighted by molar-refractivity contribution is 5.44. The third kappa shape index (κ3) is 3.51. The Hall–Kier alpha value is -2.04. The highest BCUT2D eigenvalue weighted by Gasteiger charge is 2.24. The molecule has 1 fully saturated rings. The van der Waals surface area contributed by atoms with Crippen LogP contribution in [0.25, 0.3) is 0 Å². The lowest BCUT2D eigenvalue weighted by Gasteiger charge is -2.35. The smallest absolute Gasteiger partial charge is 0.231 e. The van der Waals surface area contributed by atoms with Gasteiger partial charge in [0.1, 0.15) is 0 Å². The lowest BCUT2D eigenvalue weighted by molar-refractivity contribution is 0.173. The third-order valence-corrected chi connectivity index (χ3v) is 5.10. The summed E-state index contributed by atoms with van der Waals surface area (Å²) in [5, 5.41) is 3.70. The van der Waals surface area contributed by atoms with Crippen molar-refractivity contribution in [2.45, 2.75) is 32.4 Å². The van der Waals surface area contributed by atoms with Gasteiger partial charge in [-0.1, -0.05) is 44.2 Å². The van der Waals surface area contributed by atoms with E-state index in [4.69, 9.17) is 9.47 Å². The summed E-state index contributed by atoms with van der Waals surface area (Å²) >= 11 is 0. The van der Waals surface area contributed by atoms with Gasteiger partial charge in [-0.15, -0.1) is 0 Å². The van der Waals surface area contributed by atoms with Crippen molar-refractivity contribution in [3.05, 3.63) is 59.2 Å². The SMILES string of the molecule is CC(C)c1ccccc1[C@@H]1CN(Cc2ccc3c(c2)OCO3)CCN1. The molecule has 0 unspecified atom stereocenters. The van der Waals surface area contributed by atoms with Crippen molar-refractivity contribution in [1.82, 2.24) is 10.2 Å². The maximum atomic E-state index is 5.51. The standard InChI is InChI=1S/C21H26N2O2/c1-15(2)17-5-3-4-6-18(17)19-13-23(10-9-22-19)12-16-7-8-20-21(11-16)25-14-24-20/h3-8,11,15,19,22H,9-10,12-14H2,1-2H3/t19-/m0/s1. The van der Waals surface area contributed by atoms with Crippen LogP contribution in [0.3, 0.4) is 0 Å². The number of nitrogens with one attached hydrogen (secondary N) is 1. The Labute approximate surface area is 149 Å². The summed E-state index contributed by atoms with van der Waals surface area (Å²) in [7, 11) is 0. The molecule has 0 spiro atoms. The van der Waals surface area contributed by atoms with E-state index in [0.717, 1.165) is 37.7 Å². The van der Waals surface area contributed by atoms with Crippen molar-refractivity contribution < 1.29 is 9.47 Å². The fourth-order valence-corrected chi connectivity index (χ4v) is 3.81. The lowest BCUT2D eigenvalue weighted by Crippen LogP contribution is -2.45. The zero-order chi connectivity index (χ0) is 17.2. The summed E-state index contributed by atoms with van der Waals surface area (Å²) in [6, 6.07) is 15.5. The third-order valence-electron chi connectivity index (χ3n) is 5.10. The second-order valence-corrected chi connectivity index (χ2v) is 7.21. The molecule has 4 nitrogen and oxygen atoms in total. The van der Waals surface area contributed by atoms with Gasteiger partial charge in [-0.25, -0.2) is 0 Å². The Morgan fingerprint density at radius 3 is 2.84 bits per heavy atom. The summed E-state index contributed by atoms with van der Waals surface area (Å²) in [5.41, 5.74) is 4.17. The molecular weight excluding hydrogens is 312 g/mol. The Bertz CT molecular complexity index is 744. The van der Waals surface area contributed by atoms with Crippen LogP contribution in [0.2, 0.25) is 0 Å². The van der Waals surface area contributed by atoms with E-state index in [0.29, 0.717) is 18.8 Å². The number of nitrogens with zero attached hydrogens (tertiary/aromatic N) is 1. The molecule has 2 aromatic carbocycles. The van der Waals surface area contributed by atoms with Crippen LogP contribution in [0.15, 0.2) is 42.5 Å². The number of hydrogen-bond donors (Lipinski definition) is 1. The van der Waals surface area contributed by atoms with Crippen LogP contribution in [0.4, 0.5) is 0 Å². The first-order valence-electron chi connectivity index (χ1n) is 9.14. The van der Waals surface area contributed by atoms with E-state index in [1.807, 2.05) is 6.07 Å². The quantitative estimate of drug-likeness (QED) is 0.922. The minimum Gasteiger partial charge on any atom is -0.454 e. The maximum absolute atomic E-state index is 5.51. The molecule has 0 saturated carbocycles. The predicted molar refractivity (Wildman–Crippen MR) is 99.1 cm³/mol. The monoisotopic (exact) mass is 338 g/mol. The molecule has 2 aliphatic heterocycles. The molecule has 2 aromatic rings. The predicted octanol–water partition coefficient (Wildman–Crippen LogP) is 3.69. The number of hydrogen-bond acceptors (Lipinski definition) is 4. The number of fused-ring (bicyclic) bond motifs is 1. The van der Waals surface area contributed by atoms with Gasteiger partial charge in [0.15, 0.2) is 11.5 Å². The minimum absolute atomic E-state index is 0.334. The number of piperazine rings is 1. The molecule has 132 valence electrons. The number of rotatable bonds is 4. The van der Waals surface area contributed by atoms with Crippen molar-refractivity contribution in [2.75, 3.05) is 26.4 Å². The molecule has 0 amide bonds. The van der Waals surface area contributed by atoms with Gasteiger partial charge in [-0.3, -0.25) is 4.90 Å². The first-order valence-corrected chi connectivity index (χ1v) is 9.14. The zero-order valence-electron chi connectivity index (χ0n) is 15.0. The zero-order valence-corrected chi connectivity index (χ0v) is 15.0. The second kappa shape index (κ2) is 7.06. The van der Waals surface area contributed by atoms with Gasteiger partial charge >= 0.3 is 0 Å². The van der Waals surface area contributed by atoms with E-state index < -0.39 is 0 Å². The van der Waals surface area contributed by atoms with Gasteiger partial charge < -0.3 is 14.8 Å². The largest absolute Gasteiger partial charge is 0.454 e.